The summed E-state index contributed by atoms with van der Waals surface area (Å²) >= 11 is 0. The van der Waals surface area contributed by atoms with Crippen molar-refractivity contribution in [1.82, 2.24) is 10.2 Å². The molecule has 2 aromatic rings. The predicted molar refractivity (Wildman–Crippen MR) is 87.7 cm³/mol. The highest BCUT2D eigenvalue weighted by molar-refractivity contribution is 5.91. The molecule has 1 aromatic heterocycles. The van der Waals surface area contributed by atoms with Crippen LogP contribution in [-0.4, -0.2) is 35.4 Å². The number of nitrogens with one attached hydrogen (secondary N) is 1. The number of carbonyl (C=O) groups is 1. The summed E-state index contributed by atoms with van der Waals surface area (Å²) in [5, 5.41) is 13.5. The predicted octanol–water partition coefficient (Wildman–Crippen LogP) is 2.75. The molecular formula is C17H19N3O4. The third-order valence-corrected chi connectivity index (χ3v) is 4.22. The van der Waals surface area contributed by atoms with Crippen LogP contribution in [0.2, 0.25) is 0 Å². The molecule has 1 aromatic carbocycles. The molecular weight excluding hydrogens is 310 g/mol. The molecule has 1 amide bonds. The van der Waals surface area contributed by atoms with Gasteiger partial charge < -0.3 is 9.73 Å². The van der Waals surface area contributed by atoms with Gasteiger partial charge in [0.1, 0.15) is 4.92 Å². The number of furan rings is 1. The molecule has 7 nitrogen and oxygen atoms in total. The molecule has 24 heavy (non-hydrogen) atoms. The Labute approximate surface area is 139 Å². The number of carbonyl (C=O) groups excluding carboxylic acids is 1. The van der Waals surface area contributed by atoms with Gasteiger partial charge in [-0.15, -0.1) is 0 Å². The second kappa shape index (κ2) is 7.27. The second-order valence-corrected chi connectivity index (χ2v) is 5.77. The topological polar surface area (TPSA) is 88.6 Å². The largest absolute Gasteiger partial charge is 0.433 e. The number of hydrogen-bond donors (Lipinski definition) is 1. The Morgan fingerprint density at radius 3 is 2.54 bits per heavy atom. The van der Waals surface area contributed by atoms with E-state index in [1.54, 1.807) is 0 Å². The molecule has 1 fully saturated rings. The molecule has 126 valence electrons. The highest BCUT2D eigenvalue weighted by Crippen LogP contribution is 2.24. The fourth-order valence-corrected chi connectivity index (χ4v) is 3.01. The number of amides is 1. The number of rotatable bonds is 6. The van der Waals surface area contributed by atoms with Crippen molar-refractivity contribution >= 4 is 11.8 Å². The first kappa shape index (κ1) is 16.2. The molecule has 1 saturated heterocycles. The maximum atomic E-state index is 12.2. The molecule has 0 saturated carbocycles. The summed E-state index contributed by atoms with van der Waals surface area (Å²) in [6, 6.07) is 12.6. The molecule has 7 heteroatoms. The van der Waals surface area contributed by atoms with Crippen molar-refractivity contribution in [3.63, 3.8) is 0 Å². The van der Waals surface area contributed by atoms with Crippen LogP contribution in [0, 0.1) is 10.1 Å². The van der Waals surface area contributed by atoms with E-state index in [4.69, 9.17) is 4.42 Å². The van der Waals surface area contributed by atoms with Gasteiger partial charge in [-0.1, -0.05) is 30.3 Å². The Balaban J connectivity index is 1.68. The van der Waals surface area contributed by atoms with Gasteiger partial charge in [0.15, 0.2) is 5.76 Å². The zero-order valence-electron chi connectivity index (χ0n) is 13.2. The molecule has 0 aliphatic carbocycles. The Morgan fingerprint density at radius 1 is 1.21 bits per heavy atom. The Bertz CT molecular complexity index is 708. The van der Waals surface area contributed by atoms with Gasteiger partial charge in [0, 0.05) is 6.54 Å². The van der Waals surface area contributed by atoms with Crippen molar-refractivity contribution in [2.75, 3.05) is 19.6 Å². The molecule has 3 rings (SSSR count). The van der Waals surface area contributed by atoms with E-state index in [0.29, 0.717) is 6.54 Å². The van der Waals surface area contributed by atoms with Crippen LogP contribution < -0.4 is 5.32 Å². The summed E-state index contributed by atoms with van der Waals surface area (Å²) in [5.74, 6) is -0.919. The third-order valence-electron chi connectivity index (χ3n) is 4.22. The summed E-state index contributed by atoms with van der Waals surface area (Å²) in [6.07, 6.45) is 2.31. The van der Waals surface area contributed by atoms with E-state index in [0.717, 1.165) is 31.5 Å². The van der Waals surface area contributed by atoms with Gasteiger partial charge in [-0.2, -0.15) is 0 Å². The summed E-state index contributed by atoms with van der Waals surface area (Å²) in [5.41, 5.74) is 1.14. The van der Waals surface area contributed by atoms with Crippen LogP contribution in [0.3, 0.4) is 0 Å². The zero-order chi connectivity index (χ0) is 16.9. The van der Waals surface area contributed by atoms with Crippen molar-refractivity contribution in [2.45, 2.75) is 18.9 Å². The van der Waals surface area contributed by atoms with Gasteiger partial charge in [0.25, 0.3) is 5.91 Å². The Morgan fingerprint density at radius 2 is 1.92 bits per heavy atom. The molecule has 1 aliphatic rings. The van der Waals surface area contributed by atoms with Gasteiger partial charge in [-0.05, 0) is 37.6 Å². The van der Waals surface area contributed by atoms with Crippen LogP contribution in [0.15, 0.2) is 46.9 Å². The Hall–Kier alpha value is -2.67. The SMILES string of the molecule is O=C(NCC(c1ccccc1)N1CCCC1)c1ccc([N+](=O)[O-])o1. The molecule has 0 bridgehead atoms. The van der Waals surface area contributed by atoms with E-state index in [1.807, 2.05) is 30.3 Å². The van der Waals surface area contributed by atoms with Crippen LogP contribution >= 0.6 is 0 Å². The molecule has 0 radical (unpaired) electrons. The smallest absolute Gasteiger partial charge is 0.395 e. The number of benzene rings is 1. The lowest BCUT2D eigenvalue weighted by Gasteiger charge is -2.28. The van der Waals surface area contributed by atoms with Crippen molar-refractivity contribution in [1.29, 1.82) is 0 Å². The highest BCUT2D eigenvalue weighted by atomic mass is 16.6. The lowest BCUT2D eigenvalue weighted by molar-refractivity contribution is -0.402. The van der Waals surface area contributed by atoms with E-state index in [9.17, 15) is 14.9 Å². The first-order valence-corrected chi connectivity index (χ1v) is 7.96. The number of hydrogen-bond acceptors (Lipinski definition) is 5. The minimum atomic E-state index is -0.659. The number of nitrogens with zero attached hydrogens (tertiary/aromatic N) is 2. The number of likely N-dealkylation sites (tertiary alicyclic amines) is 1. The standard InChI is InChI=1S/C17H19N3O4/c21-17(15-8-9-16(24-15)20(22)23)18-12-14(19-10-4-5-11-19)13-6-2-1-3-7-13/h1-3,6-9,14H,4-5,10-12H2,(H,18,21). The van der Waals surface area contributed by atoms with Crippen LogP contribution in [-0.2, 0) is 0 Å². The van der Waals surface area contributed by atoms with Crippen molar-refractivity contribution in [3.8, 4) is 0 Å². The minimum Gasteiger partial charge on any atom is -0.395 e. The summed E-state index contributed by atoms with van der Waals surface area (Å²) < 4.78 is 4.95. The summed E-state index contributed by atoms with van der Waals surface area (Å²) in [4.78, 5) is 24.5. The molecule has 1 unspecified atom stereocenters. The van der Waals surface area contributed by atoms with Gasteiger partial charge in [-0.25, -0.2) is 0 Å². The molecule has 1 N–H and O–H groups in total. The molecule has 0 spiro atoms. The molecule has 1 atom stereocenters. The average Bonchev–Trinajstić information content (AvgIpc) is 3.28. The normalized spacial score (nSPS) is 16.0. The maximum Gasteiger partial charge on any atom is 0.433 e. The Kier molecular flexibility index (Phi) is 4.90. The van der Waals surface area contributed by atoms with Gasteiger partial charge >= 0.3 is 5.88 Å². The van der Waals surface area contributed by atoms with E-state index in [2.05, 4.69) is 10.2 Å². The minimum absolute atomic E-state index is 0.0464. The first-order valence-electron chi connectivity index (χ1n) is 7.96. The van der Waals surface area contributed by atoms with Crippen LogP contribution in [0.4, 0.5) is 5.88 Å². The van der Waals surface area contributed by atoms with Gasteiger partial charge in [-0.3, -0.25) is 19.8 Å². The van der Waals surface area contributed by atoms with Crippen molar-refractivity contribution < 1.29 is 14.1 Å². The summed E-state index contributed by atoms with van der Waals surface area (Å²) in [7, 11) is 0. The van der Waals surface area contributed by atoms with E-state index < -0.39 is 16.7 Å². The zero-order valence-corrected chi connectivity index (χ0v) is 13.2. The van der Waals surface area contributed by atoms with Gasteiger partial charge in [0.2, 0.25) is 0 Å². The molecule has 1 aliphatic heterocycles. The first-order chi connectivity index (χ1) is 11.6. The van der Waals surface area contributed by atoms with E-state index in [1.165, 1.54) is 12.1 Å². The lowest BCUT2D eigenvalue weighted by Crippen LogP contribution is -2.36. The third kappa shape index (κ3) is 3.62. The van der Waals surface area contributed by atoms with Crippen LogP contribution in [0.25, 0.3) is 0 Å². The van der Waals surface area contributed by atoms with E-state index >= 15 is 0 Å². The van der Waals surface area contributed by atoms with Crippen LogP contribution in [0.1, 0.15) is 35.0 Å². The number of nitro groups is 1. The van der Waals surface area contributed by atoms with Crippen LogP contribution in [0.5, 0.6) is 0 Å². The van der Waals surface area contributed by atoms with Crippen molar-refractivity contribution in [3.05, 3.63) is 63.9 Å². The lowest BCUT2D eigenvalue weighted by atomic mass is 10.1. The molecule has 2 heterocycles. The van der Waals surface area contributed by atoms with Gasteiger partial charge in [0.05, 0.1) is 12.1 Å². The maximum absolute atomic E-state index is 12.2. The second-order valence-electron chi connectivity index (χ2n) is 5.77. The average molecular weight is 329 g/mol. The highest BCUT2D eigenvalue weighted by Gasteiger charge is 2.25. The fourth-order valence-electron chi connectivity index (χ4n) is 3.01. The van der Waals surface area contributed by atoms with E-state index in [-0.39, 0.29) is 11.8 Å². The summed E-state index contributed by atoms with van der Waals surface area (Å²) in [6.45, 7) is 2.43. The fraction of sp³-hybridized carbons (Fsp3) is 0.353. The monoisotopic (exact) mass is 329 g/mol. The van der Waals surface area contributed by atoms with Crippen molar-refractivity contribution in [2.24, 2.45) is 0 Å². The quantitative estimate of drug-likeness (QED) is 0.650.